The van der Waals surface area contributed by atoms with E-state index in [2.05, 4.69) is 61.5 Å². The number of allylic oxidation sites excluding steroid dienone is 1. The molecule has 4 atom stereocenters. The minimum absolute atomic E-state index is 0.0777. The molecule has 0 aliphatic carbocycles. The summed E-state index contributed by atoms with van der Waals surface area (Å²) >= 11 is 0. The highest BCUT2D eigenvalue weighted by atomic mass is 16.9. The van der Waals surface area contributed by atoms with Crippen LogP contribution >= 0.6 is 0 Å². The van der Waals surface area contributed by atoms with Gasteiger partial charge in [0, 0.05) is 5.92 Å². The van der Waals surface area contributed by atoms with Crippen molar-refractivity contribution in [3.05, 3.63) is 12.3 Å². The van der Waals surface area contributed by atoms with Gasteiger partial charge in [0.05, 0.1) is 31.2 Å². The lowest BCUT2D eigenvalue weighted by Crippen LogP contribution is -2.51. The molecule has 4 heteroatoms. The zero-order chi connectivity index (χ0) is 25.0. The molecule has 0 saturated heterocycles. The van der Waals surface area contributed by atoms with Crippen LogP contribution in [0.4, 0.5) is 0 Å². The molecule has 0 aromatic rings. The maximum Gasteiger partial charge on any atom is 0.286 e. The molecule has 0 saturated carbocycles. The van der Waals surface area contributed by atoms with Crippen molar-refractivity contribution >= 4 is 0 Å². The molecule has 4 unspecified atom stereocenters. The first-order valence-electron chi connectivity index (χ1n) is 14.2. The Bertz CT molecular complexity index is 420. The average molecular weight is 471 g/mol. The lowest BCUT2D eigenvalue weighted by atomic mass is 9.92. The molecule has 0 radical (unpaired) electrons. The van der Waals surface area contributed by atoms with Crippen molar-refractivity contribution in [1.82, 2.24) is 0 Å². The number of unbranched alkanes of at least 4 members (excludes halogenated alkanes) is 5. The van der Waals surface area contributed by atoms with Crippen molar-refractivity contribution in [3.8, 4) is 0 Å². The minimum atomic E-state index is -0.997. The van der Waals surface area contributed by atoms with E-state index in [0.717, 1.165) is 51.6 Å². The summed E-state index contributed by atoms with van der Waals surface area (Å²) in [5.41, 5.74) is 0. The molecule has 4 nitrogen and oxygen atoms in total. The fourth-order valence-electron chi connectivity index (χ4n) is 3.78. The fourth-order valence-corrected chi connectivity index (χ4v) is 3.78. The molecular formula is C29H58O4. The van der Waals surface area contributed by atoms with Gasteiger partial charge in [-0.3, -0.25) is 0 Å². The van der Waals surface area contributed by atoms with Crippen LogP contribution < -0.4 is 0 Å². The van der Waals surface area contributed by atoms with E-state index in [9.17, 15) is 0 Å². The highest BCUT2D eigenvalue weighted by Crippen LogP contribution is 2.38. The van der Waals surface area contributed by atoms with Crippen molar-refractivity contribution in [2.24, 2.45) is 5.92 Å². The molecule has 198 valence electrons. The molecule has 0 N–H and O–H groups in total. The Labute approximate surface area is 207 Å². The molecule has 0 aliphatic rings. The van der Waals surface area contributed by atoms with Gasteiger partial charge in [-0.1, -0.05) is 79.2 Å². The molecule has 0 rings (SSSR count). The topological polar surface area (TPSA) is 36.9 Å². The molecule has 0 heterocycles. The second-order valence-corrected chi connectivity index (χ2v) is 9.66. The summed E-state index contributed by atoms with van der Waals surface area (Å²) in [7, 11) is 0. The van der Waals surface area contributed by atoms with E-state index in [-0.39, 0.29) is 24.2 Å². The summed E-state index contributed by atoms with van der Waals surface area (Å²) in [6, 6.07) is 0. The van der Waals surface area contributed by atoms with Gasteiger partial charge in [0.1, 0.15) is 0 Å². The number of ether oxygens (including phenoxy) is 4. The molecule has 0 aromatic heterocycles. The molecule has 0 aliphatic heterocycles. The van der Waals surface area contributed by atoms with Gasteiger partial charge in [0.15, 0.2) is 0 Å². The average Bonchev–Trinajstić information content (AvgIpc) is 2.81. The molecule has 0 fully saturated rings. The largest absolute Gasteiger partial charge is 0.502 e. The smallest absolute Gasteiger partial charge is 0.286 e. The van der Waals surface area contributed by atoms with Crippen molar-refractivity contribution in [2.45, 2.75) is 163 Å². The van der Waals surface area contributed by atoms with Crippen LogP contribution in [0.3, 0.4) is 0 Å². The molecule has 0 amide bonds. The van der Waals surface area contributed by atoms with Crippen LogP contribution in [0, 0.1) is 5.92 Å². The van der Waals surface area contributed by atoms with Crippen LogP contribution in [-0.2, 0) is 18.9 Å². The van der Waals surface area contributed by atoms with Gasteiger partial charge in [0.2, 0.25) is 0 Å². The monoisotopic (exact) mass is 470 g/mol. The van der Waals surface area contributed by atoms with Crippen LogP contribution in [-0.4, -0.2) is 30.9 Å². The van der Waals surface area contributed by atoms with Gasteiger partial charge in [0.25, 0.3) is 5.97 Å². The third-order valence-corrected chi connectivity index (χ3v) is 6.47. The highest BCUT2D eigenvalue weighted by Gasteiger charge is 2.45. The number of rotatable bonds is 23. The Morgan fingerprint density at radius 2 is 1.12 bits per heavy atom. The van der Waals surface area contributed by atoms with Crippen LogP contribution in [0.25, 0.3) is 0 Å². The molecular weight excluding hydrogens is 412 g/mol. The summed E-state index contributed by atoms with van der Waals surface area (Å²) in [5, 5.41) is 0. The summed E-state index contributed by atoms with van der Waals surface area (Å²) < 4.78 is 25.8. The van der Waals surface area contributed by atoms with Gasteiger partial charge in [-0.05, 0) is 65.7 Å². The molecule has 0 spiro atoms. The zero-order valence-electron chi connectivity index (χ0n) is 23.5. The fraction of sp³-hybridized carbons (Fsp3) is 0.931. The van der Waals surface area contributed by atoms with E-state index >= 15 is 0 Å². The second kappa shape index (κ2) is 20.8. The maximum atomic E-state index is 6.69. The van der Waals surface area contributed by atoms with Crippen LogP contribution in [0.2, 0.25) is 0 Å². The van der Waals surface area contributed by atoms with Crippen molar-refractivity contribution in [1.29, 1.82) is 0 Å². The van der Waals surface area contributed by atoms with Gasteiger partial charge < -0.3 is 18.9 Å². The van der Waals surface area contributed by atoms with Crippen LogP contribution in [0.15, 0.2) is 12.3 Å². The van der Waals surface area contributed by atoms with E-state index < -0.39 is 5.97 Å². The maximum absolute atomic E-state index is 6.69. The van der Waals surface area contributed by atoms with Gasteiger partial charge in [-0.15, -0.1) is 0 Å². The van der Waals surface area contributed by atoms with Crippen LogP contribution in [0.1, 0.15) is 139 Å². The number of hydrogen-bond donors (Lipinski definition) is 0. The first-order chi connectivity index (χ1) is 15.9. The quantitative estimate of drug-likeness (QED) is 0.0847. The predicted octanol–water partition coefficient (Wildman–Crippen LogP) is 9.17. The zero-order valence-corrected chi connectivity index (χ0v) is 23.5. The molecule has 0 aromatic carbocycles. The van der Waals surface area contributed by atoms with Gasteiger partial charge in [-0.25, -0.2) is 0 Å². The summed E-state index contributed by atoms with van der Waals surface area (Å²) in [5.74, 6) is -0.817. The Hall–Kier alpha value is -0.580. The second-order valence-electron chi connectivity index (χ2n) is 9.66. The van der Waals surface area contributed by atoms with Crippen molar-refractivity contribution in [2.75, 3.05) is 6.61 Å². The van der Waals surface area contributed by atoms with E-state index in [1.807, 2.05) is 6.26 Å². The lowest BCUT2D eigenvalue weighted by Gasteiger charge is -2.44. The highest BCUT2D eigenvalue weighted by molar-refractivity contribution is 4.77. The first kappa shape index (κ1) is 32.4. The Balaban J connectivity index is 5.63. The first-order valence-corrected chi connectivity index (χ1v) is 14.2. The number of hydrogen-bond acceptors (Lipinski definition) is 4. The summed E-state index contributed by atoms with van der Waals surface area (Å²) in [6.45, 7) is 18.0. The molecule has 33 heavy (non-hydrogen) atoms. The standard InChI is InChI=1S/C29H58O4/c1-9-14-16-17-18-19-21-28(22-20-24-30-23-15-10-2)29(31-25(6)11-3,32-26(7)12-4)33-27(8)13-5/h15,23,25-28H,9-14,16-22,24H2,1-8H3. The Morgan fingerprint density at radius 3 is 1.61 bits per heavy atom. The van der Waals surface area contributed by atoms with E-state index in [1.54, 1.807) is 0 Å². The third kappa shape index (κ3) is 15.1. The third-order valence-electron chi connectivity index (χ3n) is 6.47. The van der Waals surface area contributed by atoms with E-state index in [4.69, 9.17) is 18.9 Å². The predicted molar refractivity (Wildman–Crippen MR) is 141 cm³/mol. The minimum Gasteiger partial charge on any atom is -0.502 e. The Kier molecular flexibility index (Phi) is 20.4. The summed E-state index contributed by atoms with van der Waals surface area (Å²) in [6.07, 6.45) is 18.6. The van der Waals surface area contributed by atoms with E-state index in [0.29, 0.717) is 0 Å². The summed E-state index contributed by atoms with van der Waals surface area (Å²) in [4.78, 5) is 0. The SMILES string of the molecule is CCC=COCCCC(CCCCCCCC)C(OC(C)CC)(OC(C)CC)OC(C)CC. The Morgan fingerprint density at radius 1 is 0.636 bits per heavy atom. The molecule has 0 bridgehead atoms. The van der Waals surface area contributed by atoms with Gasteiger partial charge >= 0.3 is 0 Å². The van der Waals surface area contributed by atoms with E-state index in [1.165, 1.54) is 38.5 Å². The van der Waals surface area contributed by atoms with Gasteiger partial charge in [-0.2, -0.15) is 0 Å². The normalized spacial score (nSPS) is 17.6. The van der Waals surface area contributed by atoms with Crippen LogP contribution in [0.5, 0.6) is 0 Å². The van der Waals surface area contributed by atoms with Crippen molar-refractivity contribution < 1.29 is 18.9 Å². The van der Waals surface area contributed by atoms with Crippen molar-refractivity contribution in [3.63, 3.8) is 0 Å². The lowest BCUT2D eigenvalue weighted by molar-refractivity contribution is -0.437.